The normalized spacial score (nSPS) is 16.6. The van der Waals surface area contributed by atoms with Crippen LogP contribution in [0.5, 0.6) is 0 Å². The highest BCUT2D eigenvalue weighted by Crippen LogP contribution is 2.13. The number of furan rings is 1. The molecule has 0 unspecified atom stereocenters. The molecule has 1 aliphatic heterocycles. The van der Waals surface area contributed by atoms with Gasteiger partial charge in [-0.3, -0.25) is 0 Å². The molecule has 0 radical (unpaired) electrons. The molecular weight excluding hydrogens is 278 g/mol. The molecule has 0 fully saturated rings. The second-order valence-corrected chi connectivity index (χ2v) is 4.51. The van der Waals surface area contributed by atoms with Gasteiger partial charge in [0.25, 0.3) is 0 Å². The van der Waals surface area contributed by atoms with E-state index in [1.165, 1.54) is 0 Å². The van der Waals surface area contributed by atoms with Gasteiger partial charge in [-0.1, -0.05) is 36.4 Å². The van der Waals surface area contributed by atoms with Gasteiger partial charge in [0.05, 0.1) is 6.26 Å². The third kappa shape index (κ3) is 3.49. The molecule has 108 valence electrons. The minimum atomic E-state index is -0.461. The van der Waals surface area contributed by atoms with Crippen molar-refractivity contribution in [1.82, 2.24) is 0 Å². The van der Waals surface area contributed by atoms with E-state index in [9.17, 15) is 4.79 Å². The average Bonchev–Trinajstić information content (AvgIpc) is 3.17. The monoisotopic (exact) mass is 291 g/mol. The highest BCUT2D eigenvalue weighted by atomic mass is 16.6. The molecule has 0 spiro atoms. The van der Waals surface area contributed by atoms with Crippen LogP contribution in [0.25, 0.3) is 12.2 Å². The fraction of sp³-hybridized carbons (Fsp3) is 0. The fourth-order valence-electron chi connectivity index (χ4n) is 1.86. The maximum absolute atomic E-state index is 11.7. The lowest BCUT2D eigenvalue weighted by Crippen LogP contribution is -2.00. The van der Waals surface area contributed by atoms with Crippen LogP contribution in [-0.2, 0) is 9.53 Å². The zero-order valence-corrected chi connectivity index (χ0v) is 11.7. The van der Waals surface area contributed by atoms with Crippen LogP contribution >= 0.6 is 0 Å². The molecule has 0 amide bonds. The number of esters is 1. The molecule has 1 aromatic heterocycles. The second-order valence-electron chi connectivity index (χ2n) is 4.51. The van der Waals surface area contributed by atoms with Gasteiger partial charge in [-0.25, -0.2) is 9.79 Å². The molecule has 2 heterocycles. The molecule has 3 rings (SSSR count). The van der Waals surface area contributed by atoms with E-state index >= 15 is 0 Å². The standard InChI is InChI=1S/C18H13NO3/c20-18-16(10-4-8-15-9-5-13-21-15)19-17(22-18)12-11-14-6-2-1-3-7-14/h1-13H/b8-4+,12-11-,16-10+. The summed E-state index contributed by atoms with van der Waals surface area (Å²) in [5.41, 5.74) is 1.27. The number of carbonyl (C=O) groups is 1. The molecule has 2 aromatic rings. The summed E-state index contributed by atoms with van der Waals surface area (Å²) in [6.45, 7) is 0. The number of hydrogen-bond donors (Lipinski definition) is 0. The maximum Gasteiger partial charge on any atom is 0.363 e. The van der Waals surface area contributed by atoms with Gasteiger partial charge in [0.15, 0.2) is 5.70 Å². The third-order valence-corrected chi connectivity index (χ3v) is 2.91. The molecular formula is C18H13NO3. The summed E-state index contributed by atoms with van der Waals surface area (Å²) in [5, 5.41) is 0. The molecule has 0 bridgehead atoms. The number of carbonyl (C=O) groups excluding carboxylic acids is 1. The topological polar surface area (TPSA) is 51.8 Å². The predicted octanol–water partition coefficient (Wildman–Crippen LogP) is 3.85. The zero-order valence-electron chi connectivity index (χ0n) is 11.7. The zero-order chi connectivity index (χ0) is 15.2. The van der Waals surface area contributed by atoms with Crippen LogP contribution in [0, 0.1) is 0 Å². The van der Waals surface area contributed by atoms with Gasteiger partial charge in [-0.2, -0.15) is 0 Å². The van der Waals surface area contributed by atoms with E-state index in [1.54, 1.807) is 36.6 Å². The Balaban J connectivity index is 1.70. The lowest BCUT2D eigenvalue weighted by atomic mass is 10.2. The van der Waals surface area contributed by atoms with Gasteiger partial charge in [0.1, 0.15) is 5.76 Å². The number of benzene rings is 1. The summed E-state index contributed by atoms with van der Waals surface area (Å²) >= 11 is 0. The number of rotatable bonds is 4. The van der Waals surface area contributed by atoms with E-state index in [4.69, 9.17) is 9.15 Å². The Morgan fingerprint density at radius 1 is 0.955 bits per heavy atom. The lowest BCUT2D eigenvalue weighted by Gasteiger charge is -1.92. The molecule has 4 nitrogen and oxygen atoms in total. The lowest BCUT2D eigenvalue weighted by molar-refractivity contribution is -0.129. The first-order chi connectivity index (χ1) is 10.8. The Morgan fingerprint density at radius 2 is 1.82 bits per heavy atom. The minimum Gasteiger partial charge on any atom is -0.465 e. The SMILES string of the molecule is O=C1OC(/C=C\c2ccccc2)=NC/1=C/C=C/c1ccco1. The minimum absolute atomic E-state index is 0.260. The Bertz CT molecular complexity index is 766. The van der Waals surface area contributed by atoms with Crippen molar-refractivity contribution in [1.29, 1.82) is 0 Å². The fourth-order valence-corrected chi connectivity index (χ4v) is 1.86. The highest BCUT2D eigenvalue weighted by Gasteiger charge is 2.20. The molecule has 22 heavy (non-hydrogen) atoms. The van der Waals surface area contributed by atoms with Crippen LogP contribution in [0.1, 0.15) is 11.3 Å². The number of nitrogens with zero attached hydrogens (tertiary/aromatic N) is 1. The van der Waals surface area contributed by atoms with Crippen molar-refractivity contribution in [2.75, 3.05) is 0 Å². The first-order valence-corrected chi connectivity index (χ1v) is 6.77. The molecule has 0 saturated heterocycles. The number of allylic oxidation sites excluding steroid dienone is 2. The van der Waals surface area contributed by atoms with E-state index in [0.29, 0.717) is 5.76 Å². The summed E-state index contributed by atoms with van der Waals surface area (Å²) < 4.78 is 10.2. The Hall–Kier alpha value is -3.14. The first kappa shape index (κ1) is 13.8. The quantitative estimate of drug-likeness (QED) is 0.635. The van der Waals surface area contributed by atoms with Gasteiger partial charge in [-0.05, 0) is 35.9 Å². The van der Waals surface area contributed by atoms with Crippen molar-refractivity contribution < 1.29 is 13.9 Å². The molecule has 0 atom stereocenters. The third-order valence-electron chi connectivity index (χ3n) is 2.91. The number of hydrogen-bond acceptors (Lipinski definition) is 4. The summed E-state index contributed by atoms with van der Waals surface area (Å²) in [6, 6.07) is 13.3. The highest BCUT2D eigenvalue weighted by molar-refractivity contribution is 6.09. The molecule has 4 heteroatoms. The van der Waals surface area contributed by atoms with Gasteiger partial charge in [-0.15, -0.1) is 0 Å². The molecule has 1 aliphatic rings. The van der Waals surface area contributed by atoms with E-state index in [-0.39, 0.29) is 11.6 Å². The summed E-state index contributed by atoms with van der Waals surface area (Å²) in [5.74, 6) is 0.527. The van der Waals surface area contributed by atoms with Crippen molar-refractivity contribution in [3.05, 3.63) is 84.0 Å². The number of aliphatic imine (C=N–C) groups is 1. The average molecular weight is 291 g/mol. The first-order valence-electron chi connectivity index (χ1n) is 6.77. The Morgan fingerprint density at radius 3 is 2.59 bits per heavy atom. The van der Waals surface area contributed by atoms with E-state index in [1.807, 2.05) is 42.5 Å². The Kier molecular flexibility index (Phi) is 4.11. The van der Waals surface area contributed by atoms with Crippen LogP contribution in [0.15, 0.2) is 82.1 Å². The van der Waals surface area contributed by atoms with Crippen molar-refractivity contribution >= 4 is 24.0 Å². The van der Waals surface area contributed by atoms with E-state index in [2.05, 4.69) is 4.99 Å². The van der Waals surface area contributed by atoms with Crippen LogP contribution in [0.2, 0.25) is 0 Å². The molecule has 0 aliphatic carbocycles. The van der Waals surface area contributed by atoms with Crippen molar-refractivity contribution in [2.45, 2.75) is 0 Å². The Labute approximate surface area is 127 Å². The van der Waals surface area contributed by atoms with Crippen LogP contribution < -0.4 is 0 Å². The molecule has 0 N–H and O–H groups in total. The summed E-state index contributed by atoms with van der Waals surface area (Å²) in [6.07, 6.45) is 10.1. The van der Waals surface area contributed by atoms with E-state index < -0.39 is 5.97 Å². The summed E-state index contributed by atoms with van der Waals surface area (Å²) in [4.78, 5) is 15.8. The van der Waals surface area contributed by atoms with E-state index in [0.717, 1.165) is 5.56 Å². The number of ether oxygens (including phenoxy) is 1. The molecule has 1 aromatic carbocycles. The largest absolute Gasteiger partial charge is 0.465 e. The van der Waals surface area contributed by atoms with Crippen LogP contribution in [0.3, 0.4) is 0 Å². The van der Waals surface area contributed by atoms with Crippen molar-refractivity contribution in [2.24, 2.45) is 4.99 Å². The molecule has 0 saturated carbocycles. The smallest absolute Gasteiger partial charge is 0.363 e. The van der Waals surface area contributed by atoms with Crippen LogP contribution in [-0.4, -0.2) is 11.9 Å². The summed E-state index contributed by atoms with van der Waals surface area (Å²) in [7, 11) is 0. The number of cyclic esters (lactones) is 1. The van der Waals surface area contributed by atoms with Gasteiger partial charge >= 0.3 is 5.97 Å². The maximum atomic E-state index is 11.7. The van der Waals surface area contributed by atoms with Crippen molar-refractivity contribution in [3.63, 3.8) is 0 Å². The van der Waals surface area contributed by atoms with Gasteiger partial charge < -0.3 is 9.15 Å². The van der Waals surface area contributed by atoms with Crippen molar-refractivity contribution in [3.8, 4) is 0 Å². The predicted molar refractivity (Wildman–Crippen MR) is 84.8 cm³/mol. The van der Waals surface area contributed by atoms with Gasteiger partial charge in [0.2, 0.25) is 5.90 Å². The van der Waals surface area contributed by atoms with Crippen LogP contribution in [0.4, 0.5) is 0 Å². The van der Waals surface area contributed by atoms with Gasteiger partial charge in [0, 0.05) is 6.08 Å². The second kappa shape index (κ2) is 6.54.